The van der Waals surface area contributed by atoms with E-state index in [1.807, 2.05) is 22.7 Å². The summed E-state index contributed by atoms with van der Waals surface area (Å²) >= 11 is 3.77. The first kappa shape index (κ1) is 21.1. The van der Waals surface area contributed by atoms with Crippen molar-refractivity contribution in [1.29, 1.82) is 0 Å². The Labute approximate surface area is 164 Å². The SMILES string of the molecule is CC(c1cccs1)C(C)(C)[Si](C)(C)OC(C)(C)[Si](C)(C)c1cccs1. The van der Waals surface area contributed by atoms with E-state index in [-0.39, 0.29) is 10.3 Å². The molecule has 0 aliphatic carbocycles. The van der Waals surface area contributed by atoms with Crippen LogP contribution in [0, 0.1) is 0 Å². The molecule has 2 aromatic heterocycles. The Morgan fingerprint density at radius 1 is 0.920 bits per heavy atom. The number of hydrogen-bond donors (Lipinski definition) is 0. The van der Waals surface area contributed by atoms with Gasteiger partial charge in [0.1, 0.15) is 8.07 Å². The summed E-state index contributed by atoms with van der Waals surface area (Å²) in [6.07, 6.45) is 0. The molecule has 0 aliphatic heterocycles. The molecule has 0 radical (unpaired) electrons. The Kier molecular flexibility index (Phi) is 5.97. The molecule has 0 N–H and O–H groups in total. The first-order valence-corrected chi connectivity index (χ1v) is 16.8. The third kappa shape index (κ3) is 3.91. The van der Waals surface area contributed by atoms with Crippen LogP contribution in [0.3, 0.4) is 0 Å². The molecule has 140 valence electrons. The lowest BCUT2D eigenvalue weighted by Crippen LogP contribution is -2.64. The maximum atomic E-state index is 7.11. The normalized spacial score (nSPS) is 15.4. The van der Waals surface area contributed by atoms with E-state index < -0.39 is 16.4 Å². The van der Waals surface area contributed by atoms with Gasteiger partial charge in [0.2, 0.25) is 0 Å². The second-order valence-electron chi connectivity index (χ2n) is 9.18. The average molecular weight is 411 g/mol. The van der Waals surface area contributed by atoms with Crippen molar-refractivity contribution in [1.82, 2.24) is 0 Å². The van der Waals surface area contributed by atoms with Crippen molar-refractivity contribution in [3.05, 3.63) is 39.9 Å². The van der Waals surface area contributed by atoms with Gasteiger partial charge in [-0.15, -0.1) is 11.3 Å². The predicted molar refractivity (Wildman–Crippen MR) is 121 cm³/mol. The third-order valence-electron chi connectivity index (χ3n) is 6.76. The Hall–Kier alpha value is -0.206. The molecule has 0 saturated heterocycles. The first-order chi connectivity index (χ1) is 11.3. The van der Waals surface area contributed by atoms with Crippen LogP contribution in [0.4, 0.5) is 0 Å². The fraction of sp³-hybridized carbons (Fsp3) is 0.600. The standard InChI is InChI=1S/C20H34OS2Si2/c1-16(17-12-10-14-22-17)19(2,3)25(8,9)21-20(4,5)24(6,7)18-13-11-15-23-18/h10-16H,1-9H3. The maximum Gasteiger partial charge on any atom is 0.193 e. The second kappa shape index (κ2) is 7.08. The molecule has 1 unspecified atom stereocenters. The minimum Gasteiger partial charge on any atom is -0.414 e. The molecule has 1 nitrogen and oxygen atoms in total. The van der Waals surface area contributed by atoms with E-state index >= 15 is 0 Å². The summed E-state index contributed by atoms with van der Waals surface area (Å²) in [5.41, 5.74) is 0. The fourth-order valence-electron chi connectivity index (χ4n) is 3.24. The van der Waals surface area contributed by atoms with E-state index in [0.717, 1.165) is 0 Å². The van der Waals surface area contributed by atoms with Gasteiger partial charge in [0.05, 0.1) is 0 Å². The Balaban J connectivity index is 2.29. The van der Waals surface area contributed by atoms with Crippen molar-refractivity contribution in [3.8, 4) is 0 Å². The minimum absolute atomic E-state index is 0.0833. The van der Waals surface area contributed by atoms with Crippen LogP contribution < -0.4 is 4.50 Å². The van der Waals surface area contributed by atoms with Crippen LogP contribution >= 0.6 is 22.7 Å². The van der Waals surface area contributed by atoms with Crippen LogP contribution in [0.1, 0.15) is 45.4 Å². The van der Waals surface area contributed by atoms with Crippen LogP contribution in [-0.4, -0.2) is 21.6 Å². The summed E-state index contributed by atoms with van der Waals surface area (Å²) in [4.78, 5) is 1.47. The molecule has 2 heterocycles. The number of hydrogen-bond acceptors (Lipinski definition) is 3. The molecular weight excluding hydrogens is 377 g/mol. The van der Waals surface area contributed by atoms with E-state index in [9.17, 15) is 0 Å². The molecule has 0 saturated carbocycles. The van der Waals surface area contributed by atoms with Crippen molar-refractivity contribution in [2.75, 3.05) is 0 Å². The van der Waals surface area contributed by atoms with E-state index in [1.54, 1.807) is 0 Å². The largest absolute Gasteiger partial charge is 0.414 e. The van der Waals surface area contributed by atoms with Gasteiger partial charge in [-0.05, 0) is 59.2 Å². The lowest BCUT2D eigenvalue weighted by molar-refractivity contribution is 0.161. The van der Waals surface area contributed by atoms with E-state index in [2.05, 4.69) is 95.8 Å². The lowest BCUT2D eigenvalue weighted by atomic mass is 9.95. The molecule has 0 fully saturated rings. The molecule has 0 aromatic carbocycles. The summed E-state index contributed by atoms with van der Waals surface area (Å²) in [6, 6.07) is 8.92. The maximum absolute atomic E-state index is 7.11. The second-order valence-corrected chi connectivity index (χ2v) is 21.0. The Morgan fingerprint density at radius 3 is 1.96 bits per heavy atom. The molecule has 0 amide bonds. The predicted octanol–water partition coefficient (Wildman–Crippen LogP) is 6.85. The van der Waals surface area contributed by atoms with Crippen molar-refractivity contribution >= 4 is 43.6 Å². The van der Waals surface area contributed by atoms with Crippen molar-refractivity contribution in [2.24, 2.45) is 0 Å². The summed E-state index contributed by atoms with van der Waals surface area (Å²) < 4.78 is 8.64. The highest BCUT2D eigenvalue weighted by molar-refractivity contribution is 7.25. The van der Waals surface area contributed by atoms with Gasteiger partial charge in [-0.25, -0.2) is 0 Å². The van der Waals surface area contributed by atoms with Crippen LogP contribution in [0.5, 0.6) is 0 Å². The highest BCUT2D eigenvalue weighted by Crippen LogP contribution is 2.52. The van der Waals surface area contributed by atoms with Crippen LogP contribution in [-0.2, 0) is 4.43 Å². The van der Waals surface area contributed by atoms with Crippen molar-refractivity contribution < 1.29 is 4.43 Å². The molecule has 1 atom stereocenters. The lowest BCUT2D eigenvalue weighted by Gasteiger charge is -2.51. The van der Waals surface area contributed by atoms with Crippen LogP contribution in [0.2, 0.25) is 31.2 Å². The zero-order valence-electron chi connectivity index (χ0n) is 17.3. The minimum atomic E-state index is -1.96. The first-order valence-electron chi connectivity index (χ1n) is 9.10. The molecule has 2 rings (SSSR count). The topological polar surface area (TPSA) is 9.23 Å². The van der Waals surface area contributed by atoms with Crippen LogP contribution in [0.15, 0.2) is 35.0 Å². The number of thiophene rings is 2. The quantitative estimate of drug-likeness (QED) is 0.453. The number of rotatable bonds is 7. The molecule has 0 bridgehead atoms. The van der Waals surface area contributed by atoms with Gasteiger partial charge in [0.15, 0.2) is 8.32 Å². The van der Waals surface area contributed by atoms with Gasteiger partial charge in [0, 0.05) is 10.1 Å². The van der Waals surface area contributed by atoms with Crippen molar-refractivity contribution in [2.45, 2.75) is 77.0 Å². The zero-order valence-corrected chi connectivity index (χ0v) is 20.9. The molecule has 25 heavy (non-hydrogen) atoms. The summed E-state index contributed by atoms with van der Waals surface area (Å²) in [5.74, 6) is 0.511. The summed E-state index contributed by atoms with van der Waals surface area (Å²) in [5, 5.41) is 4.47. The third-order valence-corrected chi connectivity index (χ3v) is 19.7. The van der Waals surface area contributed by atoms with E-state index in [0.29, 0.717) is 5.92 Å². The highest BCUT2D eigenvalue weighted by Gasteiger charge is 2.52. The van der Waals surface area contributed by atoms with Crippen molar-refractivity contribution in [3.63, 3.8) is 0 Å². The highest BCUT2D eigenvalue weighted by atomic mass is 32.1. The zero-order chi connectivity index (χ0) is 19.1. The van der Waals surface area contributed by atoms with Gasteiger partial charge in [0.25, 0.3) is 0 Å². The molecule has 5 heteroatoms. The van der Waals surface area contributed by atoms with Crippen LogP contribution in [0.25, 0.3) is 0 Å². The Bertz CT molecular complexity index is 671. The van der Waals surface area contributed by atoms with E-state index in [4.69, 9.17) is 4.43 Å². The molecule has 2 aromatic rings. The Morgan fingerprint density at radius 2 is 1.48 bits per heavy atom. The molecular formula is C20H34OS2Si2. The molecule has 0 aliphatic rings. The van der Waals surface area contributed by atoms with Gasteiger partial charge < -0.3 is 4.43 Å². The van der Waals surface area contributed by atoms with Gasteiger partial charge in [-0.2, -0.15) is 11.3 Å². The van der Waals surface area contributed by atoms with Gasteiger partial charge in [-0.1, -0.05) is 52.1 Å². The average Bonchev–Trinajstić information content (AvgIpc) is 3.18. The fourth-order valence-corrected chi connectivity index (χ4v) is 12.5. The van der Waals surface area contributed by atoms with E-state index in [1.165, 1.54) is 9.38 Å². The summed E-state index contributed by atoms with van der Waals surface area (Å²) in [6.45, 7) is 21.6. The monoisotopic (exact) mass is 410 g/mol. The summed E-state index contributed by atoms with van der Waals surface area (Å²) in [7, 11) is -3.67. The van der Waals surface area contributed by atoms with Gasteiger partial charge >= 0.3 is 0 Å². The smallest absolute Gasteiger partial charge is 0.193 e. The molecule has 0 spiro atoms. The van der Waals surface area contributed by atoms with Gasteiger partial charge in [-0.3, -0.25) is 0 Å².